The fourth-order valence-corrected chi connectivity index (χ4v) is 2.39. The molecule has 1 saturated carbocycles. The zero-order chi connectivity index (χ0) is 13.2. The molecule has 0 unspecified atom stereocenters. The molecular formula is C14H21NO3. The predicted octanol–water partition coefficient (Wildman–Crippen LogP) is 2.65. The van der Waals surface area contributed by atoms with Crippen molar-refractivity contribution < 1.29 is 13.9 Å². The number of carbonyl (C=O) groups is 1. The maximum absolute atomic E-state index is 11.4. The smallest absolute Gasteiger partial charge is 0.341 e. The molecule has 1 aromatic heterocycles. The summed E-state index contributed by atoms with van der Waals surface area (Å²) in [7, 11) is 1.38. The van der Waals surface area contributed by atoms with Gasteiger partial charge in [0.1, 0.15) is 17.1 Å². The predicted molar refractivity (Wildman–Crippen MR) is 68.4 cm³/mol. The van der Waals surface area contributed by atoms with Crippen LogP contribution in [0.5, 0.6) is 0 Å². The largest absolute Gasteiger partial charge is 0.465 e. The molecule has 100 valence electrons. The Kier molecular flexibility index (Phi) is 3.76. The molecule has 18 heavy (non-hydrogen) atoms. The van der Waals surface area contributed by atoms with Gasteiger partial charge in [0, 0.05) is 6.54 Å². The van der Waals surface area contributed by atoms with Crippen molar-refractivity contribution in [2.24, 2.45) is 5.41 Å². The first-order chi connectivity index (χ1) is 8.54. The molecule has 4 nitrogen and oxygen atoms in total. The van der Waals surface area contributed by atoms with Gasteiger partial charge in [-0.2, -0.15) is 0 Å². The van der Waals surface area contributed by atoms with E-state index in [1.807, 2.05) is 0 Å². The second-order valence-corrected chi connectivity index (χ2v) is 5.44. The molecule has 0 aromatic carbocycles. The lowest BCUT2D eigenvalue weighted by Crippen LogP contribution is -2.36. The van der Waals surface area contributed by atoms with E-state index in [1.165, 1.54) is 26.4 Å². The van der Waals surface area contributed by atoms with Crippen LogP contribution in [0.15, 0.2) is 10.5 Å². The summed E-state index contributed by atoms with van der Waals surface area (Å²) < 4.78 is 10.2. The second-order valence-electron chi connectivity index (χ2n) is 5.44. The van der Waals surface area contributed by atoms with Crippen LogP contribution in [0.1, 0.15) is 48.1 Å². The summed E-state index contributed by atoms with van der Waals surface area (Å²) in [5, 5.41) is 3.40. The quantitative estimate of drug-likeness (QED) is 0.817. The van der Waals surface area contributed by atoms with Crippen molar-refractivity contribution >= 4 is 5.97 Å². The van der Waals surface area contributed by atoms with Crippen molar-refractivity contribution in [3.8, 4) is 0 Å². The number of esters is 1. The van der Waals surface area contributed by atoms with Gasteiger partial charge in [-0.05, 0) is 31.2 Å². The minimum Gasteiger partial charge on any atom is -0.465 e. The van der Waals surface area contributed by atoms with E-state index in [4.69, 9.17) is 9.15 Å². The van der Waals surface area contributed by atoms with E-state index in [0.29, 0.717) is 23.3 Å². The Balaban J connectivity index is 1.88. The van der Waals surface area contributed by atoms with Crippen LogP contribution < -0.4 is 5.32 Å². The highest BCUT2D eigenvalue weighted by molar-refractivity contribution is 5.90. The summed E-state index contributed by atoms with van der Waals surface area (Å²) in [6, 6.07) is 1.76. The zero-order valence-electron chi connectivity index (χ0n) is 11.3. The van der Waals surface area contributed by atoms with E-state index in [1.54, 1.807) is 13.0 Å². The van der Waals surface area contributed by atoms with Crippen molar-refractivity contribution in [2.45, 2.75) is 39.7 Å². The fourth-order valence-electron chi connectivity index (χ4n) is 2.39. The van der Waals surface area contributed by atoms with Crippen molar-refractivity contribution in [3.63, 3.8) is 0 Å². The van der Waals surface area contributed by atoms with Crippen molar-refractivity contribution in [3.05, 3.63) is 23.2 Å². The molecule has 1 heterocycles. The van der Waals surface area contributed by atoms with Crippen molar-refractivity contribution in [1.29, 1.82) is 0 Å². The molecule has 0 saturated heterocycles. The number of nitrogens with one attached hydrogen (secondary N) is 1. The summed E-state index contributed by atoms with van der Waals surface area (Å²) in [5.74, 6) is 1.07. The lowest BCUT2D eigenvalue weighted by atomic mass is 9.70. The molecule has 0 radical (unpaired) electrons. The Morgan fingerprint density at radius 3 is 2.83 bits per heavy atom. The average Bonchev–Trinajstić information content (AvgIpc) is 2.67. The maximum atomic E-state index is 11.4. The van der Waals surface area contributed by atoms with E-state index in [-0.39, 0.29) is 5.97 Å². The molecular weight excluding hydrogens is 230 g/mol. The molecule has 0 amide bonds. The number of furan rings is 1. The zero-order valence-corrected chi connectivity index (χ0v) is 11.3. The van der Waals surface area contributed by atoms with Crippen LogP contribution in [-0.2, 0) is 11.3 Å². The van der Waals surface area contributed by atoms with Crippen LogP contribution in [0.3, 0.4) is 0 Å². The second kappa shape index (κ2) is 5.14. The number of hydrogen-bond donors (Lipinski definition) is 1. The van der Waals surface area contributed by atoms with Gasteiger partial charge in [-0.1, -0.05) is 13.3 Å². The van der Waals surface area contributed by atoms with Crippen molar-refractivity contribution in [1.82, 2.24) is 5.32 Å². The standard InChI is InChI=1S/C14H21NO3/c1-10-12(13(16)17-3)7-11(18-10)8-15-9-14(2)5-4-6-14/h7,15H,4-6,8-9H2,1-3H3. The lowest BCUT2D eigenvalue weighted by Gasteiger charge is -2.38. The molecule has 0 spiro atoms. The van der Waals surface area contributed by atoms with Gasteiger partial charge in [-0.15, -0.1) is 0 Å². The Labute approximate surface area is 108 Å². The van der Waals surface area contributed by atoms with Gasteiger partial charge in [0.05, 0.1) is 13.7 Å². The highest BCUT2D eigenvalue weighted by Gasteiger charge is 2.31. The van der Waals surface area contributed by atoms with E-state index in [9.17, 15) is 4.79 Å². The van der Waals surface area contributed by atoms with E-state index >= 15 is 0 Å². The average molecular weight is 251 g/mol. The van der Waals surface area contributed by atoms with Gasteiger partial charge >= 0.3 is 5.97 Å². The van der Waals surface area contributed by atoms with Crippen LogP contribution in [0, 0.1) is 12.3 Å². The summed E-state index contributed by atoms with van der Waals surface area (Å²) in [6.07, 6.45) is 3.93. The minimum atomic E-state index is -0.339. The third-order valence-electron chi connectivity index (χ3n) is 3.79. The van der Waals surface area contributed by atoms with E-state index < -0.39 is 0 Å². The molecule has 1 aliphatic carbocycles. The molecule has 1 fully saturated rings. The number of ether oxygens (including phenoxy) is 1. The number of hydrogen-bond acceptors (Lipinski definition) is 4. The Bertz CT molecular complexity index is 432. The molecule has 0 atom stereocenters. The number of carbonyl (C=O) groups excluding carboxylic acids is 1. The molecule has 1 N–H and O–H groups in total. The molecule has 1 aromatic rings. The van der Waals surface area contributed by atoms with Crippen molar-refractivity contribution in [2.75, 3.05) is 13.7 Å². The molecule has 0 aliphatic heterocycles. The first-order valence-electron chi connectivity index (χ1n) is 6.42. The number of rotatable bonds is 5. The van der Waals surface area contributed by atoms with Gasteiger partial charge in [0.15, 0.2) is 0 Å². The molecule has 0 bridgehead atoms. The third-order valence-corrected chi connectivity index (χ3v) is 3.79. The molecule has 2 rings (SSSR count). The van der Waals surface area contributed by atoms with Crippen LogP contribution in [-0.4, -0.2) is 19.6 Å². The lowest BCUT2D eigenvalue weighted by molar-refractivity contribution is 0.0599. The van der Waals surface area contributed by atoms with Gasteiger partial charge in [-0.3, -0.25) is 0 Å². The van der Waals surface area contributed by atoms with E-state index in [0.717, 1.165) is 12.3 Å². The highest BCUT2D eigenvalue weighted by Crippen LogP contribution is 2.39. The van der Waals surface area contributed by atoms with Gasteiger partial charge in [0.2, 0.25) is 0 Å². The number of methoxy groups -OCH3 is 1. The highest BCUT2D eigenvalue weighted by atomic mass is 16.5. The first kappa shape index (κ1) is 13.1. The monoisotopic (exact) mass is 251 g/mol. The third kappa shape index (κ3) is 2.75. The molecule has 4 heteroatoms. The van der Waals surface area contributed by atoms with Gasteiger partial charge < -0.3 is 14.5 Å². The van der Waals surface area contributed by atoms with E-state index in [2.05, 4.69) is 12.2 Å². The summed E-state index contributed by atoms with van der Waals surface area (Å²) in [4.78, 5) is 11.4. The molecule has 1 aliphatic rings. The SMILES string of the molecule is COC(=O)c1cc(CNCC2(C)CCC2)oc1C. The normalized spacial score (nSPS) is 17.3. The minimum absolute atomic E-state index is 0.339. The Morgan fingerprint density at radius 1 is 1.56 bits per heavy atom. The maximum Gasteiger partial charge on any atom is 0.341 e. The summed E-state index contributed by atoms with van der Waals surface area (Å²) in [5.41, 5.74) is 0.969. The van der Waals surface area contributed by atoms with Crippen LogP contribution in [0.2, 0.25) is 0 Å². The van der Waals surface area contributed by atoms with Crippen LogP contribution in [0.25, 0.3) is 0 Å². The summed E-state index contributed by atoms with van der Waals surface area (Å²) in [6.45, 7) is 5.74. The Morgan fingerprint density at radius 2 is 2.28 bits per heavy atom. The topological polar surface area (TPSA) is 51.5 Å². The fraction of sp³-hybridized carbons (Fsp3) is 0.643. The Hall–Kier alpha value is -1.29. The van der Waals surface area contributed by atoms with Crippen LogP contribution >= 0.6 is 0 Å². The number of aryl methyl sites for hydroxylation is 1. The van der Waals surface area contributed by atoms with Gasteiger partial charge in [0.25, 0.3) is 0 Å². The van der Waals surface area contributed by atoms with Crippen LogP contribution in [0.4, 0.5) is 0 Å². The first-order valence-corrected chi connectivity index (χ1v) is 6.42. The summed E-state index contributed by atoms with van der Waals surface area (Å²) >= 11 is 0. The van der Waals surface area contributed by atoms with Gasteiger partial charge in [-0.25, -0.2) is 4.79 Å².